The molecule has 142 valence electrons. The molecule has 2 saturated heterocycles. The van der Waals surface area contributed by atoms with E-state index in [1.54, 1.807) is 0 Å². The first-order valence-corrected chi connectivity index (χ1v) is 10.5. The first kappa shape index (κ1) is 18.7. The maximum Gasteiger partial charge on any atom is 0.223 e. The molecular formula is C20H35N3O2. The summed E-state index contributed by atoms with van der Waals surface area (Å²) in [5, 5.41) is 6.63. The van der Waals surface area contributed by atoms with Gasteiger partial charge in [-0.05, 0) is 64.0 Å². The van der Waals surface area contributed by atoms with E-state index in [0.717, 1.165) is 64.2 Å². The van der Waals surface area contributed by atoms with Crippen LogP contribution in [0.5, 0.6) is 0 Å². The van der Waals surface area contributed by atoms with E-state index in [4.69, 9.17) is 0 Å². The van der Waals surface area contributed by atoms with Crippen LogP contribution in [0.2, 0.25) is 0 Å². The van der Waals surface area contributed by atoms with Crippen LogP contribution < -0.4 is 10.6 Å². The Morgan fingerprint density at radius 2 is 1.60 bits per heavy atom. The van der Waals surface area contributed by atoms with Crippen molar-refractivity contribution in [1.29, 1.82) is 0 Å². The second-order valence-corrected chi connectivity index (χ2v) is 8.23. The van der Waals surface area contributed by atoms with Crippen LogP contribution in [0.15, 0.2) is 0 Å². The van der Waals surface area contributed by atoms with Gasteiger partial charge < -0.3 is 15.5 Å². The summed E-state index contributed by atoms with van der Waals surface area (Å²) in [4.78, 5) is 26.8. The summed E-state index contributed by atoms with van der Waals surface area (Å²) in [5.74, 6) is 1.53. The van der Waals surface area contributed by atoms with Crippen LogP contribution in [0.3, 0.4) is 0 Å². The number of hydrogen-bond acceptors (Lipinski definition) is 3. The van der Waals surface area contributed by atoms with Crippen LogP contribution in [-0.2, 0) is 9.59 Å². The highest BCUT2D eigenvalue weighted by atomic mass is 16.2. The number of carbonyl (C=O) groups is 2. The Labute approximate surface area is 152 Å². The number of piperidine rings is 2. The lowest BCUT2D eigenvalue weighted by atomic mass is 9.88. The molecule has 2 amide bonds. The number of nitrogens with one attached hydrogen (secondary N) is 2. The topological polar surface area (TPSA) is 61.4 Å². The third-order valence-corrected chi connectivity index (χ3v) is 6.40. The average molecular weight is 350 g/mol. The number of rotatable bonds is 5. The molecule has 0 aromatic heterocycles. The highest BCUT2D eigenvalue weighted by Crippen LogP contribution is 2.24. The highest BCUT2D eigenvalue weighted by molar-refractivity contribution is 5.79. The molecular weight excluding hydrogens is 314 g/mol. The fraction of sp³-hybridized carbons (Fsp3) is 0.900. The van der Waals surface area contributed by atoms with E-state index in [0.29, 0.717) is 12.3 Å². The molecule has 0 atom stereocenters. The van der Waals surface area contributed by atoms with Crippen molar-refractivity contribution >= 4 is 11.8 Å². The van der Waals surface area contributed by atoms with Gasteiger partial charge in [0.25, 0.3) is 0 Å². The molecule has 0 unspecified atom stereocenters. The summed E-state index contributed by atoms with van der Waals surface area (Å²) in [6, 6.07) is 0.267. The summed E-state index contributed by atoms with van der Waals surface area (Å²) in [6.45, 7) is 3.82. The highest BCUT2D eigenvalue weighted by Gasteiger charge is 2.27. The van der Waals surface area contributed by atoms with Crippen molar-refractivity contribution in [3.8, 4) is 0 Å². The Balaban J connectivity index is 1.33. The molecule has 5 nitrogen and oxygen atoms in total. The zero-order valence-electron chi connectivity index (χ0n) is 15.6. The maximum atomic E-state index is 12.4. The van der Waals surface area contributed by atoms with Crippen molar-refractivity contribution in [1.82, 2.24) is 15.5 Å². The normalized spacial score (nSPS) is 24.2. The summed E-state index contributed by atoms with van der Waals surface area (Å²) in [5.41, 5.74) is 0. The smallest absolute Gasteiger partial charge is 0.223 e. The van der Waals surface area contributed by atoms with Gasteiger partial charge in [0, 0.05) is 31.5 Å². The fourth-order valence-corrected chi connectivity index (χ4v) is 4.61. The molecule has 3 rings (SSSR count). The van der Waals surface area contributed by atoms with Gasteiger partial charge >= 0.3 is 0 Å². The lowest BCUT2D eigenvalue weighted by molar-refractivity contribution is -0.133. The zero-order valence-corrected chi connectivity index (χ0v) is 15.6. The van der Waals surface area contributed by atoms with Crippen molar-refractivity contribution in [3.05, 3.63) is 0 Å². The Bertz CT molecular complexity index is 434. The average Bonchev–Trinajstić information content (AvgIpc) is 2.68. The van der Waals surface area contributed by atoms with Gasteiger partial charge in [-0.15, -0.1) is 0 Å². The van der Waals surface area contributed by atoms with Crippen LogP contribution in [-0.4, -0.2) is 48.9 Å². The van der Waals surface area contributed by atoms with Crippen molar-refractivity contribution in [2.75, 3.05) is 26.2 Å². The molecule has 1 saturated carbocycles. The van der Waals surface area contributed by atoms with Gasteiger partial charge in [0.05, 0.1) is 0 Å². The molecule has 0 radical (unpaired) electrons. The number of nitrogens with zero attached hydrogens (tertiary/aromatic N) is 1. The third-order valence-electron chi connectivity index (χ3n) is 6.40. The Kier molecular flexibility index (Phi) is 7.14. The van der Waals surface area contributed by atoms with Crippen molar-refractivity contribution in [2.24, 2.45) is 11.8 Å². The molecule has 0 aromatic carbocycles. The minimum Gasteiger partial charge on any atom is -0.353 e. The van der Waals surface area contributed by atoms with Gasteiger partial charge in [0.15, 0.2) is 0 Å². The first-order chi connectivity index (χ1) is 12.2. The van der Waals surface area contributed by atoms with E-state index < -0.39 is 0 Å². The lowest BCUT2D eigenvalue weighted by Gasteiger charge is -2.34. The van der Waals surface area contributed by atoms with E-state index in [2.05, 4.69) is 10.6 Å². The van der Waals surface area contributed by atoms with Gasteiger partial charge in [-0.1, -0.05) is 19.3 Å². The zero-order chi connectivity index (χ0) is 17.5. The van der Waals surface area contributed by atoms with E-state index in [1.165, 1.54) is 32.1 Å². The lowest BCUT2D eigenvalue weighted by Crippen LogP contribution is -2.48. The molecule has 2 heterocycles. The number of amides is 2. The number of carbonyl (C=O) groups excluding carboxylic acids is 2. The molecule has 0 bridgehead atoms. The van der Waals surface area contributed by atoms with Gasteiger partial charge in [0.1, 0.15) is 0 Å². The van der Waals surface area contributed by atoms with Gasteiger partial charge in [-0.25, -0.2) is 0 Å². The van der Waals surface area contributed by atoms with E-state index in [1.807, 2.05) is 4.90 Å². The second kappa shape index (κ2) is 9.56. The molecule has 2 N–H and O–H groups in total. The third kappa shape index (κ3) is 5.70. The SMILES string of the molecule is O=C(NC1CCN(C(=O)CCC2CCNCC2)CC1)C1CCCCC1. The predicted molar refractivity (Wildman–Crippen MR) is 99.1 cm³/mol. The van der Waals surface area contributed by atoms with E-state index >= 15 is 0 Å². The van der Waals surface area contributed by atoms with Crippen molar-refractivity contribution in [3.63, 3.8) is 0 Å². The largest absolute Gasteiger partial charge is 0.353 e. The van der Waals surface area contributed by atoms with Gasteiger partial charge in [-0.3, -0.25) is 9.59 Å². The quantitative estimate of drug-likeness (QED) is 0.801. The van der Waals surface area contributed by atoms with Crippen LogP contribution >= 0.6 is 0 Å². The van der Waals surface area contributed by atoms with Gasteiger partial charge in [-0.2, -0.15) is 0 Å². The number of hydrogen-bond donors (Lipinski definition) is 2. The summed E-state index contributed by atoms with van der Waals surface area (Å²) in [6.07, 6.45) is 11.8. The predicted octanol–water partition coefficient (Wildman–Crippen LogP) is 2.45. The molecule has 3 aliphatic rings. The van der Waals surface area contributed by atoms with Crippen LogP contribution in [0.4, 0.5) is 0 Å². The second-order valence-electron chi connectivity index (χ2n) is 8.23. The molecule has 5 heteroatoms. The van der Waals surface area contributed by atoms with E-state index in [9.17, 15) is 9.59 Å². The molecule has 0 aromatic rings. The molecule has 2 aliphatic heterocycles. The molecule has 0 spiro atoms. The minimum atomic E-state index is 0.235. The fourth-order valence-electron chi connectivity index (χ4n) is 4.61. The van der Waals surface area contributed by atoms with Crippen molar-refractivity contribution in [2.45, 2.75) is 76.7 Å². The molecule has 1 aliphatic carbocycles. The van der Waals surface area contributed by atoms with Crippen LogP contribution in [0, 0.1) is 11.8 Å². The Morgan fingerprint density at radius 3 is 2.28 bits per heavy atom. The van der Waals surface area contributed by atoms with Crippen molar-refractivity contribution < 1.29 is 9.59 Å². The maximum absolute atomic E-state index is 12.4. The number of likely N-dealkylation sites (tertiary alicyclic amines) is 1. The van der Waals surface area contributed by atoms with Gasteiger partial charge in [0.2, 0.25) is 11.8 Å². The molecule has 3 fully saturated rings. The molecule has 25 heavy (non-hydrogen) atoms. The van der Waals surface area contributed by atoms with Crippen LogP contribution in [0.1, 0.15) is 70.6 Å². The monoisotopic (exact) mass is 349 g/mol. The standard InChI is InChI=1S/C20H35N3O2/c24-19(7-6-16-8-12-21-13-9-16)23-14-10-18(11-15-23)22-20(25)17-4-2-1-3-5-17/h16-18,21H,1-15H2,(H,22,25). The summed E-state index contributed by atoms with van der Waals surface area (Å²) in [7, 11) is 0. The first-order valence-electron chi connectivity index (χ1n) is 10.5. The minimum absolute atomic E-state index is 0.235. The Hall–Kier alpha value is -1.10. The summed E-state index contributed by atoms with van der Waals surface area (Å²) >= 11 is 0. The summed E-state index contributed by atoms with van der Waals surface area (Å²) < 4.78 is 0. The Morgan fingerprint density at radius 1 is 0.920 bits per heavy atom. The van der Waals surface area contributed by atoms with E-state index in [-0.39, 0.29) is 17.9 Å². The van der Waals surface area contributed by atoms with Crippen LogP contribution in [0.25, 0.3) is 0 Å².